The number of carbonyl (C=O) groups excluding carboxylic acids is 1. The summed E-state index contributed by atoms with van der Waals surface area (Å²) in [6.45, 7) is 2.34. The quantitative estimate of drug-likeness (QED) is 0.791. The van der Waals surface area contributed by atoms with Crippen LogP contribution in [0.5, 0.6) is 0 Å². The average Bonchev–Trinajstić information content (AvgIpc) is 2.28. The standard InChI is InChI=1S/C12H17NO3/c1-2-13-12(15)16-9-11(14)8-10-6-4-3-5-7-10/h3-7,11,14H,2,8-9H2,1H3,(H,13,15). The van der Waals surface area contributed by atoms with E-state index in [9.17, 15) is 9.90 Å². The molecule has 0 aromatic heterocycles. The first-order valence-corrected chi connectivity index (χ1v) is 5.35. The molecule has 0 spiro atoms. The lowest BCUT2D eigenvalue weighted by atomic mass is 10.1. The molecule has 16 heavy (non-hydrogen) atoms. The highest BCUT2D eigenvalue weighted by atomic mass is 16.6. The molecule has 0 aliphatic heterocycles. The zero-order valence-corrected chi connectivity index (χ0v) is 9.35. The second-order valence-electron chi connectivity index (χ2n) is 3.47. The molecule has 4 nitrogen and oxygen atoms in total. The summed E-state index contributed by atoms with van der Waals surface area (Å²) < 4.78 is 4.82. The predicted octanol–water partition coefficient (Wildman–Crippen LogP) is 1.34. The summed E-state index contributed by atoms with van der Waals surface area (Å²) in [5.74, 6) is 0. The van der Waals surface area contributed by atoms with Gasteiger partial charge in [-0.3, -0.25) is 0 Å². The van der Waals surface area contributed by atoms with Gasteiger partial charge >= 0.3 is 6.09 Å². The van der Waals surface area contributed by atoms with E-state index in [1.54, 1.807) is 0 Å². The summed E-state index contributed by atoms with van der Waals surface area (Å²) in [6.07, 6.45) is -0.667. The number of hydrogen-bond acceptors (Lipinski definition) is 3. The summed E-state index contributed by atoms with van der Waals surface area (Å²) in [7, 11) is 0. The van der Waals surface area contributed by atoms with Gasteiger partial charge < -0.3 is 15.2 Å². The molecule has 1 rings (SSSR count). The van der Waals surface area contributed by atoms with Crippen molar-refractivity contribution in [2.75, 3.05) is 13.2 Å². The smallest absolute Gasteiger partial charge is 0.407 e. The van der Waals surface area contributed by atoms with Gasteiger partial charge in [-0.1, -0.05) is 30.3 Å². The maximum atomic E-state index is 11.0. The van der Waals surface area contributed by atoms with Crippen LogP contribution in [0, 0.1) is 0 Å². The molecule has 1 unspecified atom stereocenters. The van der Waals surface area contributed by atoms with Gasteiger partial charge in [0.1, 0.15) is 6.61 Å². The van der Waals surface area contributed by atoms with Crippen molar-refractivity contribution in [2.45, 2.75) is 19.4 Å². The van der Waals surface area contributed by atoms with Crippen LogP contribution in [0.15, 0.2) is 30.3 Å². The fourth-order valence-corrected chi connectivity index (χ4v) is 1.31. The first-order valence-electron chi connectivity index (χ1n) is 5.35. The van der Waals surface area contributed by atoms with Gasteiger partial charge in [0.05, 0.1) is 6.10 Å². The number of aliphatic hydroxyl groups excluding tert-OH is 1. The van der Waals surface area contributed by atoms with Gasteiger partial charge in [-0.15, -0.1) is 0 Å². The SMILES string of the molecule is CCNC(=O)OCC(O)Cc1ccccc1. The zero-order valence-electron chi connectivity index (χ0n) is 9.35. The number of ether oxygens (including phenoxy) is 1. The van der Waals surface area contributed by atoms with E-state index >= 15 is 0 Å². The molecule has 0 fully saturated rings. The number of amides is 1. The van der Waals surface area contributed by atoms with E-state index in [-0.39, 0.29) is 6.61 Å². The topological polar surface area (TPSA) is 58.6 Å². The van der Waals surface area contributed by atoms with E-state index in [4.69, 9.17) is 4.74 Å². The van der Waals surface area contributed by atoms with E-state index in [1.807, 2.05) is 37.3 Å². The molecule has 0 aliphatic rings. The maximum Gasteiger partial charge on any atom is 0.407 e. The van der Waals surface area contributed by atoms with E-state index in [0.717, 1.165) is 5.56 Å². The molecule has 1 aromatic carbocycles. The highest BCUT2D eigenvalue weighted by Gasteiger charge is 2.08. The van der Waals surface area contributed by atoms with E-state index in [0.29, 0.717) is 13.0 Å². The van der Waals surface area contributed by atoms with Crippen molar-refractivity contribution >= 4 is 6.09 Å². The molecule has 0 bridgehead atoms. The number of benzene rings is 1. The molecule has 1 atom stereocenters. The monoisotopic (exact) mass is 223 g/mol. The van der Waals surface area contributed by atoms with Gasteiger partial charge in [0, 0.05) is 13.0 Å². The fraction of sp³-hybridized carbons (Fsp3) is 0.417. The molecule has 1 amide bonds. The number of hydrogen-bond donors (Lipinski definition) is 2. The Morgan fingerprint density at radius 3 is 2.75 bits per heavy atom. The molecular formula is C12H17NO3. The van der Waals surface area contributed by atoms with E-state index < -0.39 is 12.2 Å². The fourth-order valence-electron chi connectivity index (χ4n) is 1.31. The second kappa shape index (κ2) is 6.85. The summed E-state index contributed by atoms with van der Waals surface area (Å²) >= 11 is 0. The lowest BCUT2D eigenvalue weighted by Gasteiger charge is -2.11. The third-order valence-electron chi connectivity index (χ3n) is 2.04. The highest BCUT2D eigenvalue weighted by Crippen LogP contribution is 2.03. The Morgan fingerprint density at radius 1 is 1.44 bits per heavy atom. The van der Waals surface area contributed by atoms with Crippen LogP contribution in [0.25, 0.3) is 0 Å². The minimum Gasteiger partial charge on any atom is -0.447 e. The van der Waals surface area contributed by atoms with Crippen LogP contribution >= 0.6 is 0 Å². The largest absolute Gasteiger partial charge is 0.447 e. The number of alkyl carbamates (subject to hydrolysis) is 1. The van der Waals surface area contributed by atoms with Gasteiger partial charge in [-0.2, -0.15) is 0 Å². The van der Waals surface area contributed by atoms with E-state index in [2.05, 4.69) is 5.32 Å². The summed E-state index contributed by atoms with van der Waals surface area (Å²) in [6, 6.07) is 9.59. The minimum atomic E-state index is -0.662. The Balaban J connectivity index is 2.26. The van der Waals surface area contributed by atoms with Crippen LogP contribution in [0.4, 0.5) is 4.79 Å². The number of nitrogens with one attached hydrogen (secondary N) is 1. The van der Waals surface area contributed by atoms with Crippen LogP contribution in [-0.2, 0) is 11.2 Å². The van der Waals surface area contributed by atoms with Crippen LogP contribution in [-0.4, -0.2) is 30.5 Å². The maximum absolute atomic E-state index is 11.0. The minimum absolute atomic E-state index is 0.0146. The van der Waals surface area contributed by atoms with Gasteiger partial charge in [-0.05, 0) is 12.5 Å². The Labute approximate surface area is 95.2 Å². The van der Waals surface area contributed by atoms with Crippen molar-refractivity contribution in [1.29, 1.82) is 0 Å². The van der Waals surface area contributed by atoms with Crippen molar-refractivity contribution in [3.8, 4) is 0 Å². The van der Waals surface area contributed by atoms with Crippen LogP contribution in [0.3, 0.4) is 0 Å². The van der Waals surface area contributed by atoms with Crippen molar-refractivity contribution in [1.82, 2.24) is 5.32 Å². The van der Waals surface area contributed by atoms with Gasteiger partial charge in [-0.25, -0.2) is 4.79 Å². The van der Waals surface area contributed by atoms with Crippen LogP contribution < -0.4 is 5.32 Å². The van der Waals surface area contributed by atoms with Crippen LogP contribution in [0.1, 0.15) is 12.5 Å². The Hall–Kier alpha value is -1.55. The first kappa shape index (κ1) is 12.5. The van der Waals surface area contributed by atoms with Crippen molar-refractivity contribution in [3.05, 3.63) is 35.9 Å². The van der Waals surface area contributed by atoms with Gasteiger partial charge in [0.15, 0.2) is 0 Å². The molecule has 2 N–H and O–H groups in total. The molecular weight excluding hydrogens is 206 g/mol. The molecule has 88 valence electrons. The highest BCUT2D eigenvalue weighted by molar-refractivity contribution is 5.66. The third kappa shape index (κ3) is 4.79. The third-order valence-corrected chi connectivity index (χ3v) is 2.04. The van der Waals surface area contributed by atoms with Crippen molar-refractivity contribution < 1.29 is 14.6 Å². The normalized spacial score (nSPS) is 11.9. The predicted molar refractivity (Wildman–Crippen MR) is 61.2 cm³/mol. The second-order valence-corrected chi connectivity index (χ2v) is 3.47. The van der Waals surface area contributed by atoms with Crippen molar-refractivity contribution in [2.24, 2.45) is 0 Å². The average molecular weight is 223 g/mol. The summed E-state index contributed by atoms with van der Waals surface area (Å²) in [5, 5.41) is 12.1. The molecule has 0 heterocycles. The lowest BCUT2D eigenvalue weighted by Crippen LogP contribution is -2.28. The Kier molecular flexibility index (Phi) is 5.36. The summed E-state index contributed by atoms with van der Waals surface area (Å²) in [4.78, 5) is 11.0. The Bertz CT molecular complexity index is 313. The molecule has 0 saturated heterocycles. The van der Waals surface area contributed by atoms with Crippen LogP contribution in [0.2, 0.25) is 0 Å². The first-order chi connectivity index (χ1) is 7.72. The lowest BCUT2D eigenvalue weighted by molar-refractivity contribution is 0.0688. The molecule has 0 radical (unpaired) electrons. The Morgan fingerprint density at radius 2 is 2.12 bits per heavy atom. The van der Waals surface area contributed by atoms with Gasteiger partial charge in [0.2, 0.25) is 0 Å². The van der Waals surface area contributed by atoms with Crippen molar-refractivity contribution in [3.63, 3.8) is 0 Å². The summed E-state index contributed by atoms with van der Waals surface area (Å²) in [5.41, 5.74) is 1.02. The van der Waals surface area contributed by atoms with Gasteiger partial charge in [0.25, 0.3) is 0 Å². The number of rotatable bonds is 5. The molecule has 0 saturated carbocycles. The molecule has 0 aliphatic carbocycles. The zero-order chi connectivity index (χ0) is 11.8. The molecule has 4 heteroatoms. The number of aliphatic hydroxyl groups is 1. The molecule has 1 aromatic rings. The number of carbonyl (C=O) groups is 1. The van der Waals surface area contributed by atoms with E-state index in [1.165, 1.54) is 0 Å².